The number of anilines is 1. The summed E-state index contributed by atoms with van der Waals surface area (Å²) in [5.41, 5.74) is 8.00. The van der Waals surface area contributed by atoms with Crippen LogP contribution in [0.5, 0.6) is 11.5 Å². The van der Waals surface area contributed by atoms with Crippen molar-refractivity contribution < 1.29 is 19.4 Å². The van der Waals surface area contributed by atoms with E-state index in [0.717, 1.165) is 0 Å². The van der Waals surface area contributed by atoms with Crippen LogP contribution in [0, 0.1) is 0 Å². The van der Waals surface area contributed by atoms with Crippen molar-refractivity contribution in [3.05, 3.63) is 42.0 Å². The molecule has 0 amide bonds. The van der Waals surface area contributed by atoms with Gasteiger partial charge in [0.2, 0.25) is 0 Å². The minimum Gasteiger partial charge on any atom is -0.497 e. The highest BCUT2D eigenvalue weighted by atomic mass is 16.5. The maximum Gasteiger partial charge on any atom is 0.335 e. The lowest BCUT2D eigenvalue weighted by molar-refractivity contribution is 0.0697. The van der Waals surface area contributed by atoms with Crippen LogP contribution in [0.3, 0.4) is 0 Å². The van der Waals surface area contributed by atoms with Gasteiger partial charge in [-0.05, 0) is 30.3 Å². The van der Waals surface area contributed by atoms with E-state index in [1.165, 1.54) is 13.2 Å². The van der Waals surface area contributed by atoms with Crippen molar-refractivity contribution in [1.29, 1.82) is 0 Å². The van der Waals surface area contributed by atoms with E-state index in [-0.39, 0.29) is 5.56 Å². The van der Waals surface area contributed by atoms with Gasteiger partial charge in [-0.1, -0.05) is 0 Å². The molecule has 0 aliphatic carbocycles. The Balaban J connectivity index is 2.60. The number of methoxy groups -OCH3 is 2. The van der Waals surface area contributed by atoms with Crippen LogP contribution < -0.4 is 15.2 Å². The topological polar surface area (TPSA) is 81.8 Å². The third kappa shape index (κ3) is 2.51. The SMILES string of the molecule is COc1ccc(-c2cc(C(=O)O)ccc2OC)c(N)c1. The van der Waals surface area contributed by atoms with Crippen LogP contribution in [-0.4, -0.2) is 25.3 Å². The minimum absolute atomic E-state index is 0.177. The van der Waals surface area contributed by atoms with Gasteiger partial charge >= 0.3 is 5.97 Å². The predicted octanol–water partition coefficient (Wildman–Crippen LogP) is 2.65. The third-order valence-corrected chi connectivity index (χ3v) is 3.00. The number of carboxylic acid groups (broad SMARTS) is 1. The van der Waals surface area contributed by atoms with Crippen molar-refractivity contribution in [3.8, 4) is 22.6 Å². The van der Waals surface area contributed by atoms with Crippen molar-refractivity contribution in [1.82, 2.24) is 0 Å². The van der Waals surface area contributed by atoms with Crippen LogP contribution in [0.15, 0.2) is 36.4 Å². The Morgan fingerprint density at radius 2 is 1.80 bits per heavy atom. The molecular formula is C15H15NO4. The van der Waals surface area contributed by atoms with Crippen molar-refractivity contribution >= 4 is 11.7 Å². The van der Waals surface area contributed by atoms with Gasteiger partial charge in [-0.15, -0.1) is 0 Å². The lowest BCUT2D eigenvalue weighted by Gasteiger charge is -2.12. The highest BCUT2D eigenvalue weighted by Gasteiger charge is 2.13. The molecule has 0 aliphatic heterocycles. The van der Waals surface area contributed by atoms with Crippen molar-refractivity contribution in [2.45, 2.75) is 0 Å². The maximum absolute atomic E-state index is 11.1. The fraction of sp³-hybridized carbons (Fsp3) is 0.133. The van der Waals surface area contributed by atoms with Gasteiger partial charge in [-0.25, -0.2) is 4.79 Å². The number of carbonyl (C=O) groups is 1. The number of hydrogen-bond donors (Lipinski definition) is 2. The lowest BCUT2D eigenvalue weighted by atomic mass is 10.00. The molecule has 0 saturated heterocycles. The zero-order valence-corrected chi connectivity index (χ0v) is 11.2. The lowest BCUT2D eigenvalue weighted by Crippen LogP contribution is -1.99. The Hall–Kier alpha value is -2.69. The van der Waals surface area contributed by atoms with Crippen LogP contribution in [0.1, 0.15) is 10.4 Å². The molecule has 0 heterocycles. The molecule has 3 N–H and O–H groups in total. The number of rotatable bonds is 4. The highest BCUT2D eigenvalue weighted by molar-refractivity contribution is 5.92. The summed E-state index contributed by atoms with van der Waals surface area (Å²) in [4.78, 5) is 11.1. The molecule has 0 fully saturated rings. The average molecular weight is 273 g/mol. The molecule has 0 saturated carbocycles. The number of ether oxygens (including phenoxy) is 2. The molecular weight excluding hydrogens is 258 g/mol. The maximum atomic E-state index is 11.1. The van der Waals surface area contributed by atoms with Gasteiger partial charge in [0.1, 0.15) is 11.5 Å². The van der Waals surface area contributed by atoms with Gasteiger partial charge in [-0.2, -0.15) is 0 Å². The third-order valence-electron chi connectivity index (χ3n) is 3.00. The Bertz CT molecular complexity index is 652. The monoisotopic (exact) mass is 273 g/mol. The van der Waals surface area contributed by atoms with Gasteiger partial charge < -0.3 is 20.3 Å². The van der Waals surface area contributed by atoms with Crippen molar-refractivity contribution in [3.63, 3.8) is 0 Å². The average Bonchev–Trinajstić information content (AvgIpc) is 2.46. The molecule has 2 aromatic carbocycles. The van der Waals surface area contributed by atoms with E-state index in [4.69, 9.17) is 20.3 Å². The highest BCUT2D eigenvalue weighted by Crippen LogP contribution is 2.36. The number of benzene rings is 2. The smallest absolute Gasteiger partial charge is 0.335 e. The first-order chi connectivity index (χ1) is 9.56. The number of nitrogens with two attached hydrogens (primary N) is 1. The number of carboxylic acids is 1. The van der Waals surface area contributed by atoms with Crippen LogP contribution in [-0.2, 0) is 0 Å². The second-order valence-electron chi connectivity index (χ2n) is 4.17. The first-order valence-electron chi connectivity index (χ1n) is 5.92. The van der Waals surface area contributed by atoms with E-state index in [1.807, 2.05) is 0 Å². The summed E-state index contributed by atoms with van der Waals surface area (Å²) in [6, 6.07) is 9.87. The van der Waals surface area contributed by atoms with Gasteiger partial charge in [0.25, 0.3) is 0 Å². The Morgan fingerprint density at radius 3 is 2.35 bits per heavy atom. The van der Waals surface area contributed by atoms with Gasteiger partial charge in [0.15, 0.2) is 0 Å². The molecule has 0 unspecified atom stereocenters. The molecule has 104 valence electrons. The van der Waals surface area contributed by atoms with Crippen molar-refractivity contribution in [2.75, 3.05) is 20.0 Å². The van der Waals surface area contributed by atoms with E-state index >= 15 is 0 Å². The minimum atomic E-state index is -0.999. The molecule has 0 radical (unpaired) electrons. The second kappa shape index (κ2) is 5.52. The molecule has 0 atom stereocenters. The summed E-state index contributed by atoms with van der Waals surface area (Å²) in [5.74, 6) is 0.201. The zero-order chi connectivity index (χ0) is 14.7. The molecule has 5 nitrogen and oxygen atoms in total. The molecule has 5 heteroatoms. The van der Waals surface area contributed by atoms with Crippen LogP contribution in [0.4, 0.5) is 5.69 Å². The Morgan fingerprint density at radius 1 is 1.05 bits per heavy atom. The predicted molar refractivity (Wildman–Crippen MR) is 76.4 cm³/mol. The summed E-state index contributed by atoms with van der Waals surface area (Å²) in [5, 5.41) is 9.08. The molecule has 0 aromatic heterocycles. The second-order valence-corrected chi connectivity index (χ2v) is 4.17. The summed E-state index contributed by atoms with van der Waals surface area (Å²) in [6.07, 6.45) is 0. The zero-order valence-electron chi connectivity index (χ0n) is 11.2. The fourth-order valence-corrected chi connectivity index (χ4v) is 1.96. The molecule has 20 heavy (non-hydrogen) atoms. The van der Waals surface area contributed by atoms with Crippen LogP contribution in [0.2, 0.25) is 0 Å². The number of aromatic carboxylic acids is 1. The standard InChI is InChI=1S/C15H15NO4/c1-19-10-4-5-11(13(16)8-10)12-7-9(15(17)18)3-6-14(12)20-2/h3-8H,16H2,1-2H3,(H,17,18). The molecule has 0 aliphatic rings. The van der Waals surface area contributed by atoms with E-state index in [0.29, 0.717) is 28.3 Å². The summed E-state index contributed by atoms with van der Waals surface area (Å²) in [6.45, 7) is 0. The molecule has 2 aromatic rings. The Labute approximate surface area is 116 Å². The van der Waals surface area contributed by atoms with E-state index in [9.17, 15) is 4.79 Å². The van der Waals surface area contributed by atoms with Crippen LogP contribution >= 0.6 is 0 Å². The summed E-state index contributed by atoms with van der Waals surface area (Å²) < 4.78 is 10.4. The van der Waals surface area contributed by atoms with Crippen LogP contribution in [0.25, 0.3) is 11.1 Å². The van der Waals surface area contributed by atoms with Crippen molar-refractivity contribution in [2.24, 2.45) is 0 Å². The summed E-state index contributed by atoms with van der Waals surface area (Å²) >= 11 is 0. The number of nitrogen functional groups attached to an aromatic ring is 1. The quantitative estimate of drug-likeness (QED) is 0.837. The normalized spacial score (nSPS) is 10.1. The molecule has 2 rings (SSSR count). The molecule has 0 spiro atoms. The van der Waals surface area contributed by atoms with Gasteiger partial charge in [0, 0.05) is 22.9 Å². The number of hydrogen-bond acceptors (Lipinski definition) is 4. The van der Waals surface area contributed by atoms with E-state index in [2.05, 4.69) is 0 Å². The molecule has 0 bridgehead atoms. The Kier molecular flexibility index (Phi) is 3.79. The first-order valence-corrected chi connectivity index (χ1v) is 5.92. The largest absolute Gasteiger partial charge is 0.497 e. The van der Waals surface area contributed by atoms with E-state index in [1.54, 1.807) is 37.4 Å². The summed E-state index contributed by atoms with van der Waals surface area (Å²) in [7, 11) is 3.08. The first kappa shape index (κ1) is 13.7. The van der Waals surface area contributed by atoms with Gasteiger partial charge in [-0.3, -0.25) is 0 Å². The fourth-order valence-electron chi connectivity index (χ4n) is 1.96. The van der Waals surface area contributed by atoms with Gasteiger partial charge in [0.05, 0.1) is 19.8 Å². The van der Waals surface area contributed by atoms with E-state index < -0.39 is 5.97 Å².